The Morgan fingerprint density at radius 3 is 1.62 bits per heavy atom. The molecule has 94 heavy (non-hydrogen) atoms. The highest BCUT2D eigenvalue weighted by atomic mass is 32.2. The molecule has 0 radical (unpaired) electrons. The van der Waals surface area contributed by atoms with Gasteiger partial charge in [-0.3, -0.25) is 29.2 Å². The van der Waals surface area contributed by atoms with Crippen LogP contribution in [-0.4, -0.2) is 119 Å². The number of phenols is 1. The number of fused-ring (bicyclic) bond motifs is 3. The molecule has 6 heterocycles. The molecule has 0 bridgehead atoms. The molecule has 4 aliphatic rings. The second-order valence-corrected chi connectivity index (χ2v) is 28.5. The van der Waals surface area contributed by atoms with E-state index in [4.69, 9.17) is 38.3 Å². The minimum atomic E-state index is -1.34. The molecule has 6 N–H and O–H groups in total. The summed E-state index contributed by atoms with van der Waals surface area (Å²) in [6.45, 7) is 25.3. The monoisotopic (exact) mass is 1300 g/mol. The molecule has 4 aliphatic heterocycles. The predicted molar refractivity (Wildman–Crippen MR) is 356 cm³/mol. The summed E-state index contributed by atoms with van der Waals surface area (Å²) >= 11 is 1.28. The minimum Gasteiger partial charge on any atom is -0.508 e. The number of amides is 2. The van der Waals surface area contributed by atoms with Crippen molar-refractivity contribution in [3.8, 4) is 28.7 Å². The van der Waals surface area contributed by atoms with Crippen LogP contribution in [0.2, 0.25) is 0 Å². The summed E-state index contributed by atoms with van der Waals surface area (Å²) in [6, 6.07) is 17.5. The number of ether oxygens (including phenoxy) is 5. The Morgan fingerprint density at radius 1 is 0.713 bits per heavy atom. The molecule has 2 amide bonds. The molecular weight excluding hydrogens is 1220 g/mol. The highest BCUT2D eigenvalue weighted by Crippen LogP contribution is 2.51. The second-order valence-electron chi connectivity index (χ2n) is 26.7. The van der Waals surface area contributed by atoms with Crippen molar-refractivity contribution < 1.29 is 61.6 Å². The molecule has 2 saturated heterocycles. The van der Waals surface area contributed by atoms with E-state index in [0.29, 0.717) is 43.0 Å². The van der Waals surface area contributed by atoms with E-state index in [9.17, 15) is 38.7 Å². The van der Waals surface area contributed by atoms with E-state index >= 15 is 0 Å². The Hall–Kier alpha value is -9.48. The maximum atomic E-state index is 14.8. The number of nitrogens with two attached hydrogens (primary N) is 1. The highest BCUT2D eigenvalue weighted by molar-refractivity contribution is 8.01. The number of benzene rings is 5. The SMILES string of the molecule is Cc1cc(C(C)(C)C)c(OC(=O)c2cc(=O)c3c(OCC(COc4cccc5oc(C(=O)Oc6c(C(C)(C)C)cc(C)c(CC7=NCCN7)c6C)cc(=O)c45)OC(=O)C4N5C(=O)C(NC(=O)C(N)c6ccc(O)cc6)C5SC4(C)C)cccc3o2)c(C)c1CC1=NCCN1. The van der Waals surface area contributed by atoms with Crippen LogP contribution < -0.4 is 51.5 Å². The summed E-state index contributed by atoms with van der Waals surface area (Å²) in [5.74, 6) is -2.27. The number of aliphatic imine (C=N–C) groups is 2. The van der Waals surface area contributed by atoms with E-state index in [2.05, 4.69) is 25.9 Å². The number of β-lactam (4-membered cyclic amide) rings is 1. The molecule has 0 aliphatic carbocycles. The van der Waals surface area contributed by atoms with Crippen LogP contribution in [0.4, 0.5) is 0 Å². The highest BCUT2D eigenvalue weighted by Gasteiger charge is 2.65. The Bertz CT molecular complexity index is 4210. The number of esters is 3. The zero-order valence-corrected chi connectivity index (χ0v) is 55.4. The lowest BCUT2D eigenvalue weighted by molar-refractivity contribution is -0.169. The summed E-state index contributed by atoms with van der Waals surface area (Å²) in [6.07, 6.45) is -0.323. The standard InChI is InChI=1S/C71H77N7O15S/c1-35-27-44(69(5,6)7)60(37(3)42(35)29-54-73-23-24-74-54)92-66(84)52-31-46(80)56-48(15-13-17-50(56)90-52)87-33-41(89-68(86)62-71(11,12)94-65-59(64(83)78(62)65)77-63(82)58(72)39-19-21-40(79)22-20-39)34-88-49-16-14-18-51-57(49)47(81)32-53(91-51)67(85)93-61-38(4)43(30-55-75-25-26-76-55)36(2)28-45(61)70(8,9)10/h13-22,27-28,31-32,41,58-59,62,65,79H,23-26,29-30,33-34,72H2,1-12H3,(H,73,74)(H,75,76)(H,77,82). The summed E-state index contributed by atoms with van der Waals surface area (Å²) in [4.78, 5) is 110. The number of rotatable bonds is 19. The maximum Gasteiger partial charge on any atom is 0.379 e. The van der Waals surface area contributed by atoms with Gasteiger partial charge in [-0.2, -0.15) is 0 Å². The lowest BCUT2D eigenvalue weighted by Crippen LogP contribution is -2.71. The number of carbonyl (C=O) groups excluding carboxylic acids is 5. The van der Waals surface area contributed by atoms with E-state index in [1.54, 1.807) is 26.0 Å². The third kappa shape index (κ3) is 13.2. The third-order valence-electron chi connectivity index (χ3n) is 17.4. The van der Waals surface area contributed by atoms with Crippen LogP contribution in [-0.2, 0) is 42.8 Å². The van der Waals surface area contributed by atoms with Gasteiger partial charge in [0.25, 0.3) is 0 Å². The smallest absolute Gasteiger partial charge is 0.379 e. The molecule has 2 aromatic heterocycles. The van der Waals surface area contributed by atoms with E-state index in [1.165, 1.54) is 65.2 Å². The van der Waals surface area contributed by atoms with Crippen LogP contribution in [0.15, 0.2) is 113 Å². The average Bonchev–Trinajstić information content (AvgIpc) is 1.58. The van der Waals surface area contributed by atoms with Gasteiger partial charge in [-0.05, 0) is 128 Å². The number of hydrogen-bond donors (Lipinski definition) is 5. The fourth-order valence-corrected chi connectivity index (χ4v) is 14.0. The number of aromatic hydroxyl groups is 1. The first kappa shape index (κ1) is 66.0. The summed E-state index contributed by atoms with van der Waals surface area (Å²) in [7, 11) is 0. The van der Waals surface area contributed by atoms with Crippen LogP contribution in [0.3, 0.4) is 0 Å². The molecule has 4 unspecified atom stereocenters. The first-order chi connectivity index (χ1) is 44.5. The molecule has 492 valence electrons. The minimum absolute atomic E-state index is 0.0133. The zero-order valence-electron chi connectivity index (χ0n) is 54.6. The van der Waals surface area contributed by atoms with Crippen LogP contribution in [0.5, 0.6) is 28.7 Å². The number of hydrogen-bond acceptors (Lipinski definition) is 21. The van der Waals surface area contributed by atoms with Gasteiger partial charge in [0.2, 0.25) is 23.3 Å². The zero-order chi connectivity index (χ0) is 67.5. The van der Waals surface area contributed by atoms with Gasteiger partial charge in [-0.15, -0.1) is 11.8 Å². The first-order valence-corrected chi connectivity index (χ1v) is 32.1. The summed E-state index contributed by atoms with van der Waals surface area (Å²) in [5.41, 5.74) is 11.4. The Labute approximate surface area is 547 Å². The number of aryl methyl sites for hydroxylation is 2. The van der Waals surface area contributed by atoms with Gasteiger partial charge < -0.3 is 64.2 Å². The predicted octanol–water partition coefficient (Wildman–Crippen LogP) is 8.58. The van der Waals surface area contributed by atoms with Gasteiger partial charge in [0, 0.05) is 53.9 Å². The van der Waals surface area contributed by atoms with Gasteiger partial charge in [0.05, 0.1) is 13.1 Å². The normalized spacial score (nSPS) is 17.8. The summed E-state index contributed by atoms with van der Waals surface area (Å²) < 4.78 is 42.6. The fraction of sp³-hybridized carbons (Fsp3) is 0.394. The molecular formula is C71H77N7O15S. The summed E-state index contributed by atoms with van der Waals surface area (Å²) in [5, 5.41) is 18.3. The van der Waals surface area contributed by atoms with Crippen molar-refractivity contribution in [2.45, 2.75) is 141 Å². The number of nitrogens with one attached hydrogen (secondary N) is 3. The molecule has 0 saturated carbocycles. The lowest BCUT2D eigenvalue weighted by Gasteiger charge is -2.44. The largest absolute Gasteiger partial charge is 0.508 e. The molecule has 11 rings (SSSR count). The third-order valence-corrected chi connectivity index (χ3v) is 19.0. The molecule has 22 nitrogen and oxygen atoms in total. The number of amidine groups is 2. The van der Waals surface area contributed by atoms with Gasteiger partial charge in [-0.1, -0.05) is 77.9 Å². The van der Waals surface area contributed by atoms with E-state index in [1.807, 2.05) is 81.4 Å². The van der Waals surface area contributed by atoms with Crippen molar-refractivity contribution in [2.75, 3.05) is 39.4 Å². The Balaban J connectivity index is 0.866. The molecule has 0 spiro atoms. The number of carbonyl (C=O) groups is 5. The quantitative estimate of drug-likeness (QED) is 0.0287. The van der Waals surface area contributed by atoms with Crippen LogP contribution in [0.1, 0.15) is 133 Å². The number of thioether (sulfide) groups is 1. The number of phenolic OH excluding ortho intramolecular Hbond substituents is 1. The Morgan fingerprint density at radius 2 is 1.18 bits per heavy atom. The second kappa shape index (κ2) is 25.8. The van der Waals surface area contributed by atoms with Crippen molar-refractivity contribution >= 4 is 75.1 Å². The van der Waals surface area contributed by atoms with Gasteiger partial charge in [0.15, 0.2) is 17.0 Å². The van der Waals surface area contributed by atoms with Gasteiger partial charge >= 0.3 is 17.9 Å². The van der Waals surface area contributed by atoms with Crippen molar-refractivity contribution in [1.29, 1.82) is 0 Å². The van der Waals surface area contributed by atoms with E-state index in [0.717, 1.165) is 81.4 Å². The number of nitrogens with zero attached hydrogens (tertiary/aromatic N) is 3. The first-order valence-electron chi connectivity index (χ1n) is 31.2. The van der Waals surface area contributed by atoms with Gasteiger partial charge in [0.1, 0.15) is 99.1 Å². The lowest BCUT2D eigenvalue weighted by atomic mass is 9.82. The van der Waals surface area contributed by atoms with Gasteiger partial charge in [-0.25, -0.2) is 14.4 Å². The topological polar surface area (TPSA) is 302 Å². The van der Waals surface area contributed by atoms with Crippen molar-refractivity contribution in [1.82, 2.24) is 20.9 Å². The maximum absolute atomic E-state index is 14.8. The van der Waals surface area contributed by atoms with Crippen molar-refractivity contribution in [3.05, 3.63) is 167 Å². The molecule has 2 fully saturated rings. The molecule has 4 atom stereocenters. The van der Waals surface area contributed by atoms with Crippen molar-refractivity contribution in [2.24, 2.45) is 15.7 Å². The molecule has 5 aromatic carbocycles. The van der Waals surface area contributed by atoms with Crippen molar-refractivity contribution in [3.63, 3.8) is 0 Å². The average molecular weight is 1300 g/mol. The van der Waals surface area contributed by atoms with E-state index in [-0.39, 0.29) is 50.7 Å². The fourth-order valence-electron chi connectivity index (χ4n) is 12.4. The van der Waals surface area contributed by atoms with Crippen LogP contribution >= 0.6 is 11.8 Å². The van der Waals surface area contributed by atoms with E-state index < -0.39 is 99.0 Å². The van der Waals surface area contributed by atoms with Crippen LogP contribution in [0, 0.1) is 27.7 Å². The molecule has 23 heteroatoms. The Kier molecular flexibility index (Phi) is 18.1. The van der Waals surface area contributed by atoms with Crippen LogP contribution in [0.25, 0.3) is 21.9 Å². The molecule has 7 aromatic rings.